The van der Waals surface area contributed by atoms with Crippen LogP contribution in [0.2, 0.25) is 0 Å². The van der Waals surface area contributed by atoms with Crippen molar-refractivity contribution in [3.63, 3.8) is 0 Å². The number of benzene rings is 2. The molecular formula is C26H25N5O6S. The van der Waals surface area contributed by atoms with Crippen molar-refractivity contribution < 1.29 is 27.7 Å². The van der Waals surface area contributed by atoms with E-state index < -0.39 is 10.0 Å². The number of aliphatic hydroxyl groups excluding tert-OH is 1. The van der Waals surface area contributed by atoms with Gasteiger partial charge in [0.05, 0.1) is 18.6 Å². The fraction of sp³-hybridized carbons (Fsp3) is 0.231. The van der Waals surface area contributed by atoms with E-state index in [-0.39, 0.29) is 53.0 Å². The number of hydrogen-bond donors (Lipinski definition) is 2. The van der Waals surface area contributed by atoms with Crippen LogP contribution in [0, 0.1) is 0 Å². The van der Waals surface area contributed by atoms with Crippen LogP contribution in [0.25, 0.3) is 11.6 Å². The van der Waals surface area contributed by atoms with Gasteiger partial charge in [-0.25, -0.2) is 23.4 Å². The molecule has 0 unspecified atom stereocenters. The van der Waals surface area contributed by atoms with Crippen LogP contribution < -0.4 is 18.9 Å². The molecule has 1 fully saturated rings. The number of ether oxygens (including phenoxy) is 3. The summed E-state index contributed by atoms with van der Waals surface area (Å²) in [5.74, 6) is 0.831. The second-order valence-electron chi connectivity index (χ2n) is 8.38. The maximum atomic E-state index is 13.4. The highest BCUT2D eigenvalue weighted by Gasteiger charge is 2.27. The molecule has 196 valence electrons. The van der Waals surface area contributed by atoms with Crippen molar-refractivity contribution in [3.8, 4) is 34.8 Å². The lowest BCUT2D eigenvalue weighted by atomic mass is 10.1. The Morgan fingerprint density at radius 3 is 2.32 bits per heavy atom. The molecule has 12 heteroatoms. The van der Waals surface area contributed by atoms with E-state index in [1.165, 1.54) is 19.5 Å². The highest BCUT2D eigenvalue weighted by molar-refractivity contribution is 7.92. The Hall–Kier alpha value is -4.29. The summed E-state index contributed by atoms with van der Waals surface area (Å²) in [4.78, 5) is 17.1. The summed E-state index contributed by atoms with van der Waals surface area (Å²) in [5.41, 5.74) is 1.11. The molecule has 0 saturated heterocycles. The smallest absolute Gasteiger partial charge is 0.263 e. The fourth-order valence-electron chi connectivity index (χ4n) is 3.68. The Morgan fingerprint density at radius 2 is 1.66 bits per heavy atom. The van der Waals surface area contributed by atoms with Gasteiger partial charge >= 0.3 is 0 Å². The van der Waals surface area contributed by atoms with Crippen molar-refractivity contribution >= 4 is 15.8 Å². The molecule has 0 amide bonds. The van der Waals surface area contributed by atoms with Crippen molar-refractivity contribution in [1.29, 1.82) is 0 Å². The number of rotatable bonds is 11. The van der Waals surface area contributed by atoms with Crippen molar-refractivity contribution in [2.75, 3.05) is 25.0 Å². The third-order valence-corrected chi connectivity index (χ3v) is 7.04. The van der Waals surface area contributed by atoms with Crippen LogP contribution in [0.15, 0.2) is 71.9 Å². The van der Waals surface area contributed by atoms with Crippen molar-refractivity contribution in [1.82, 2.24) is 19.9 Å². The van der Waals surface area contributed by atoms with Crippen LogP contribution in [-0.2, 0) is 10.0 Å². The predicted molar refractivity (Wildman–Crippen MR) is 138 cm³/mol. The van der Waals surface area contributed by atoms with Gasteiger partial charge in [0.25, 0.3) is 15.9 Å². The van der Waals surface area contributed by atoms with Gasteiger partial charge in [-0.3, -0.25) is 4.72 Å². The number of methoxy groups -OCH3 is 1. The Morgan fingerprint density at radius 1 is 0.947 bits per heavy atom. The average Bonchev–Trinajstić information content (AvgIpc) is 3.79. The lowest BCUT2D eigenvalue weighted by molar-refractivity contribution is 0.192. The number of hydrogen-bond acceptors (Lipinski definition) is 10. The van der Waals surface area contributed by atoms with E-state index in [9.17, 15) is 13.5 Å². The number of aliphatic hydroxyl groups is 1. The highest BCUT2D eigenvalue weighted by Crippen LogP contribution is 2.42. The predicted octanol–water partition coefficient (Wildman–Crippen LogP) is 3.78. The van der Waals surface area contributed by atoms with E-state index in [2.05, 4.69) is 24.7 Å². The molecule has 0 spiro atoms. The zero-order valence-electron chi connectivity index (χ0n) is 20.4. The summed E-state index contributed by atoms with van der Waals surface area (Å²) in [7, 11) is -2.62. The Labute approximate surface area is 219 Å². The Balaban J connectivity index is 1.61. The average molecular weight is 536 g/mol. The third-order valence-electron chi connectivity index (χ3n) is 5.68. The molecule has 1 aliphatic rings. The fourth-order valence-corrected chi connectivity index (χ4v) is 4.69. The first-order chi connectivity index (χ1) is 18.5. The van der Waals surface area contributed by atoms with Gasteiger partial charge in [-0.15, -0.1) is 0 Å². The molecule has 2 aromatic carbocycles. The van der Waals surface area contributed by atoms with Gasteiger partial charge in [0.1, 0.15) is 6.61 Å². The van der Waals surface area contributed by atoms with Crippen LogP contribution in [0.1, 0.15) is 24.3 Å². The number of nitrogens with zero attached hydrogens (tertiary/aromatic N) is 4. The molecule has 0 bridgehead atoms. The lowest BCUT2D eigenvalue weighted by Crippen LogP contribution is -2.16. The van der Waals surface area contributed by atoms with Crippen LogP contribution in [0.4, 0.5) is 5.82 Å². The molecule has 5 rings (SSSR count). The molecule has 1 aliphatic carbocycles. The monoisotopic (exact) mass is 535 g/mol. The molecule has 0 aliphatic heterocycles. The van der Waals surface area contributed by atoms with Gasteiger partial charge in [0, 0.05) is 12.4 Å². The van der Waals surface area contributed by atoms with E-state index in [0.29, 0.717) is 11.7 Å². The molecule has 4 aromatic rings. The highest BCUT2D eigenvalue weighted by atomic mass is 32.2. The molecule has 2 aromatic heterocycles. The standard InChI is InChI=1S/C26H25N5O6S/c1-35-20-5-2-3-6-21(20)37-22-23(31-38(33,34)19-11-9-18(10-12-19)17-7-8-17)29-25(24-27-13-4-14-28-24)30-26(22)36-16-15-32/h2-6,9-14,17,32H,7-8,15-16H2,1H3,(H,29,30,31). The second kappa shape index (κ2) is 11.0. The van der Waals surface area contributed by atoms with Crippen LogP contribution >= 0.6 is 0 Å². The van der Waals surface area contributed by atoms with Crippen molar-refractivity contribution in [2.24, 2.45) is 0 Å². The summed E-state index contributed by atoms with van der Waals surface area (Å²) < 4.78 is 46.5. The van der Waals surface area contributed by atoms with E-state index in [1.54, 1.807) is 42.5 Å². The first kappa shape index (κ1) is 25.4. The minimum absolute atomic E-state index is 0.00676. The Kier molecular flexibility index (Phi) is 7.33. The second-order valence-corrected chi connectivity index (χ2v) is 10.1. The zero-order chi connectivity index (χ0) is 26.5. The van der Waals surface area contributed by atoms with Crippen molar-refractivity contribution in [2.45, 2.75) is 23.7 Å². The normalized spacial score (nSPS) is 13.1. The van der Waals surface area contributed by atoms with Crippen molar-refractivity contribution in [3.05, 3.63) is 72.6 Å². The van der Waals surface area contributed by atoms with Gasteiger partial charge < -0.3 is 19.3 Å². The van der Waals surface area contributed by atoms with Gasteiger partial charge in [-0.1, -0.05) is 24.3 Å². The van der Waals surface area contributed by atoms with E-state index in [0.717, 1.165) is 18.4 Å². The maximum absolute atomic E-state index is 13.4. The molecule has 1 saturated carbocycles. The maximum Gasteiger partial charge on any atom is 0.263 e. The number of nitrogens with one attached hydrogen (secondary N) is 1. The Bertz CT molecular complexity index is 1510. The summed E-state index contributed by atoms with van der Waals surface area (Å²) in [6.07, 6.45) is 5.22. The van der Waals surface area contributed by atoms with E-state index >= 15 is 0 Å². The SMILES string of the molecule is COc1ccccc1Oc1c(NS(=O)(=O)c2ccc(C3CC3)cc2)nc(-c2ncccn2)nc1OCCO. The molecule has 0 atom stereocenters. The van der Waals surface area contributed by atoms with Gasteiger partial charge in [0.2, 0.25) is 11.6 Å². The summed E-state index contributed by atoms with van der Waals surface area (Å²) in [6.45, 7) is -0.452. The van der Waals surface area contributed by atoms with E-state index in [4.69, 9.17) is 14.2 Å². The quantitative estimate of drug-likeness (QED) is 0.291. The number of anilines is 1. The molecular weight excluding hydrogens is 510 g/mol. The summed E-state index contributed by atoms with van der Waals surface area (Å²) >= 11 is 0. The molecule has 2 heterocycles. The van der Waals surface area contributed by atoms with Crippen LogP contribution in [0.3, 0.4) is 0 Å². The molecule has 2 N–H and O–H groups in total. The number of sulfonamides is 1. The van der Waals surface area contributed by atoms with Gasteiger partial charge in [-0.2, -0.15) is 4.98 Å². The summed E-state index contributed by atoms with van der Waals surface area (Å²) in [5, 5.41) is 9.38. The molecule has 11 nitrogen and oxygen atoms in total. The molecule has 38 heavy (non-hydrogen) atoms. The minimum atomic E-state index is -4.10. The first-order valence-corrected chi connectivity index (χ1v) is 13.3. The van der Waals surface area contributed by atoms with Crippen LogP contribution in [0.5, 0.6) is 23.1 Å². The minimum Gasteiger partial charge on any atom is -0.493 e. The van der Waals surface area contributed by atoms with E-state index in [1.807, 2.05) is 12.1 Å². The number of aromatic nitrogens is 4. The topological polar surface area (TPSA) is 146 Å². The largest absolute Gasteiger partial charge is 0.493 e. The third kappa shape index (κ3) is 5.66. The molecule has 0 radical (unpaired) electrons. The van der Waals surface area contributed by atoms with Gasteiger partial charge in [0.15, 0.2) is 23.1 Å². The lowest BCUT2D eigenvalue weighted by Gasteiger charge is -2.18. The zero-order valence-corrected chi connectivity index (χ0v) is 21.3. The van der Waals surface area contributed by atoms with Gasteiger partial charge in [-0.05, 0) is 54.7 Å². The summed E-state index contributed by atoms with van der Waals surface area (Å²) in [6, 6.07) is 15.2. The first-order valence-electron chi connectivity index (χ1n) is 11.8. The number of para-hydroxylation sites is 2. The van der Waals surface area contributed by atoms with Crippen LogP contribution in [-0.4, -0.2) is 53.8 Å².